The van der Waals surface area contributed by atoms with Gasteiger partial charge in [-0.05, 0) is 49.2 Å². The number of para-hydroxylation sites is 1. The lowest BCUT2D eigenvalue weighted by molar-refractivity contribution is -0.130. The van der Waals surface area contributed by atoms with Crippen molar-refractivity contribution in [2.75, 3.05) is 33.9 Å². The predicted molar refractivity (Wildman–Crippen MR) is 102 cm³/mol. The highest BCUT2D eigenvalue weighted by Crippen LogP contribution is 2.20. The van der Waals surface area contributed by atoms with Crippen LogP contribution < -0.4 is 14.2 Å². The molecule has 0 aromatic heterocycles. The fourth-order valence-electron chi connectivity index (χ4n) is 2.54. The zero-order valence-electron chi connectivity index (χ0n) is 15.7. The molecule has 2 aromatic carbocycles. The average molecular weight is 357 g/mol. The first kappa shape index (κ1) is 19.6. The van der Waals surface area contributed by atoms with E-state index < -0.39 is 0 Å². The minimum absolute atomic E-state index is 0.0923. The van der Waals surface area contributed by atoms with Crippen molar-refractivity contribution >= 4 is 5.91 Å². The minimum Gasteiger partial charge on any atom is -0.497 e. The van der Waals surface area contributed by atoms with Crippen molar-refractivity contribution < 1.29 is 19.0 Å². The van der Waals surface area contributed by atoms with Crippen molar-refractivity contribution in [1.82, 2.24) is 4.90 Å². The molecule has 0 heterocycles. The van der Waals surface area contributed by atoms with Gasteiger partial charge in [0.2, 0.25) is 5.91 Å². The van der Waals surface area contributed by atoms with E-state index in [1.165, 1.54) is 0 Å². The second-order valence-electron chi connectivity index (χ2n) is 5.88. The SMILES string of the molecule is CCOc1ccccc1CCC(=O)N(C)CCOc1ccc(OC)cc1. The summed E-state index contributed by atoms with van der Waals surface area (Å²) in [5, 5.41) is 0. The number of methoxy groups -OCH3 is 1. The van der Waals surface area contributed by atoms with Gasteiger partial charge in [0.25, 0.3) is 0 Å². The molecule has 0 aliphatic heterocycles. The van der Waals surface area contributed by atoms with Gasteiger partial charge in [-0.2, -0.15) is 0 Å². The maximum absolute atomic E-state index is 12.3. The van der Waals surface area contributed by atoms with Crippen LogP contribution in [0.3, 0.4) is 0 Å². The Morgan fingerprint density at radius 2 is 1.69 bits per heavy atom. The second-order valence-corrected chi connectivity index (χ2v) is 5.88. The Morgan fingerprint density at radius 1 is 1.00 bits per heavy atom. The molecule has 0 saturated carbocycles. The van der Waals surface area contributed by atoms with Crippen LogP contribution in [-0.4, -0.2) is 44.7 Å². The summed E-state index contributed by atoms with van der Waals surface area (Å²) in [6.45, 7) is 3.56. The van der Waals surface area contributed by atoms with E-state index in [4.69, 9.17) is 14.2 Å². The number of amides is 1. The Bertz CT molecular complexity index is 685. The van der Waals surface area contributed by atoms with E-state index in [0.29, 0.717) is 32.6 Å². The smallest absolute Gasteiger partial charge is 0.222 e. The van der Waals surface area contributed by atoms with E-state index in [0.717, 1.165) is 22.8 Å². The highest BCUT2D eigenvalue weighted by molar-refractivity contribution is 5.76. The van der Waals surface area contributed by atoms with Crippen molar-refractivity contribution in [2.45, 2.75) is 19.8 Å². The first-order valence-electron chi connectivity index (χ1n) is 8.85. The molecule has 26 heavy (non-hydrogen) atoms. The van der Waals surface area contributed by atoms with E-state index in [-0.39, 0.29) is 5.91 Å². The maximum Gasteiger partial charge on any atom is 0.222 e. The van der Waals surface area contributed by atoms with Crippen molar-refractivity contribution in [3.8, 4) is 17.2 Å². The molecule has 0 spiro atoms. The quantitative estimate of drug-likeness (QED) is 0.652. The predicted octanol–water partition coefficient (Wildman–Crippen LogP) is 3.56. The number of hydrogen-bond donors (Lipinski definition) is 0. The fraction of sp³-hybridized carbons (Fsp3) is 0.381. The van der Waals surface area contributed by atoms with Gasteiger partial charge in [-0.25, -0.2) is 0 Å². The zero-order valence-corrected chi connectivity index (χ0v) is 15.7. The van der Waals surface area contributed by atoms with Crippen LogP contribution in [0.4, 0.5) is 0 Å². The van der Waals surface area contributed by atoms with Gasteiger partial charge in [-0.1, -0.05) is 18.2 Å². The van der Waals surface area contributed by atoms with Crippen LogP contribution in [0.2, 0.25) is 0 Å². The average Bonchev–Trinajstić information content (AvgIpc) is 2.67. The zero-order chi connectivity index (χ0) is 18.8. The van der Waals surface area contributed by atoms with Gasteiger partial charge < -0.3 is 19.1 Å². The number of likely N-dealkylation sites (N-methyl/N-ethyl adjacent to an activating group) is 1. The Hall–Kier alpha value is -2.69. The lowest BCUT2D eigenvalue weighted by Crippen LogP contribution is -2.31. The number of aryl methyl sites for hydroxylation is 1. The van der Waals surface area contributed by atoms with Crippen LogP contribution in [0.25, 0.3) is 0 Å². The van der Waals surface area contributed by atoms with Gasteiger partial charge in [-0.3, -0.25) is 4.79 Å². The van der Waals surface area contributed by atoms with E-state index in [9.17, 15) is 4.79 Å². The molecule has 0 aliphatic carbocycles. The summed E-state index contributed by atoms with van der Waals surface area (Å²) in [5.41, 5.74) is 1.06. The number of hydrogen-bond acceptors (Lipinski definition) is 4. The summed E-state index contributed by atoms with van der Waals surface area (Å²) in [4.78, 5) is 14.0. The minimum atomic E-state index is 0.0923. The van der Waals surface area contributed by atoms with Gasteiger partial charge >= 0.3 is 0 Å². The molecule has 0 saturated heterocycles. The largest absolute Gasteiger partial charge is 0.497 e. The van der Waals surface area contributed by atoms with E-state index in [1.54, 1.807) is 19.1 Å². The highest BCUT2D eigenvalue weighted by Gasteiger charge is 2.11. The molecular weight excluding hydrogens is 330 g/mol. The lowest BCUT2D eigenvalue weighted by Gasteiger charge is -2.18. The molecule has 2 aromatic rings. The molecular formula is C21H27NO4. The second kappa shape index (κ2) is 10.3. The Labute approximate surface area is 155 Å². The molecule has 0 N–H and O–H groups in total. The molecule has 0 atom stereocenters. The number of rotatable bonds is 10. The van der Waals surface area contributed by atoms with E-state index >= 15 is 0 Å². The summed E-state index contributed by atoms with van der Waals surface area (Å²) in [6.07, 6.45) is 1.11. The molecule has 0 aliphatic rings. The van der Waals surface area contributed by atoms with Gasteiger partial charge in [0, 0.05) is 13.5 Å². The Morgan fingerprint density at radius 3 is 2.38 bits per heavy atom. The number of nitrogens with zero attached hydrogens (tertiary/aromatic N) is 1. The topological polar surface area (TPSA) is 48.0 Å². The van der Waals surface area contributed by atoms with Crippen molar-refractivity contribution in [3.63, 3.8) is 0 Å². The molecule has 0 bridgehead atoms. The molecule has 0 radical (unpaired) electrons. The third-order valence-electron chi connectivity index (χ3n) is 4.06. The summed E-state index contributed by atoms with van der Waals surface area (Å²) in [5.74, 6) is 2.50. The number of carbonyl (C=O) groups excluding carboxylic acids is 1. The van der Waals surface area contributed by atoms with Gasteiger partial charge in [-0.15, -0.1) is 0 Å². The summed E-state index contributed by atoms with van der Waals surface area (Å²) >= 11 is 0. The summed E-state index contributed by atoms with van der Waals surface area (Å²) < 4.78 is 16.4. The van der Waals surface area contributed by atoms with Gasteiger partial charge in [0.1, 0.15) is 23.9 Å². The summed E-state index contributed by atoms with van der Waals surface area (Å²) in [7, 11) is 3.43. The van der Waals surface area contributed by atoms with Gasteiger partial charge in [0.15, 0.2) is 0 Å². The lowest BCUT2D eigenvalue weighted by atomic mass is 10.1. The molecule has 0 unspecified atom stereocenters. The number of benzene rings is 2. The molecule has 5 nitrogen and oxygen atoms in total. The van der Waals surface area contributed by atoms with Crippen LogP contribution in [0.15, 0.2) is 48.5 Å². The Balaban J connectivity index is 1.75. The van der Waals surface area contributed by atoms with Crippen molar-refractivity contribution in [3.05, 3.63) is 54.1 Å². The van der Waals surface area contributed by atoms with Crippen molar-refractivity contribution in [1.29, 1.82) is 0 Å². The molecule has 5 heteroatoms. The van der Waals surface area contributed by atoms with Gasteiger partial charge in [0.05, 0.1) is 20.3 Å². The standard InChI is InChI=1S/C21H27NO4/c1-4-25-20-8-6-5-7-17(20)9-14-21(23)22(2)15-16-26-19-12-10-18(24-3)11-13-19/h5-8,10-13H,4,9,14-16H2,1-3H3. The molecule has 140 valence electrons. The third-order valence-corrected chi connectivity index (χ3v) is 4.06. The molecule has 0 fully saturated rings. The highest BCUT2D eigenvalue weighted by atomic mass is 16.5. The number of carbonyl (C=O) groups is 1. The van der Waals surface area contributed by atoms with Crippen LogP contribution in [0, 0.1) is 0 Å². The molecule has 2 rings (SSSR count). The van der Waals surface area contributed by atoms with E-state index in [1.807, 2.05) is 55.5 Å². The van der Waals surface area contributed by atoms with Crippen LogP contribution >= 0.6 is 0 Å². The fourth-order valence-corrected chi connectivity index (χ4v) is 2.54. The first-order valence-corrected chi connectivity index (χ1v) is 8.85. The normalized spacial score (nSPS) is 10.3. The first-order chi connectivity index (χ1) is 12.6. The van der Waals surface area contributed by atoms with Crippen LogP contribution in [-0.2, 0) is 11.2 Å². The Kier molecular flexibility index (Phi) is 7.80. The third kappa shape index (κ3) is 5.99. The van der Waals surface area contributed by atoms with Crippen LogP contribution in [0.5, 0.6) is 17.2 Å². The maximum atomic E-state index is 12.3. The monoisotopic (exact) mass is 357 g/mol. The van der Waals surface area contributed by atoms with E-state index in [2.05, 4.69) is 0 Å². The summed E-state index contributed by atoms with van der Waals surface area (Å²) in [6, 6.07) is 15.3. The molecule has 1 amide bonds. The van der Waals surface area contributed by atoms with Crippen molar-refractivity contribution in [2.24, 2.45) is 0 Å². The number of ether oxygens (including phenoxy) is 3. The van der Waals surface area contributed by atoms with Crippen LogP contribution in [0.1, 0.15) is 18.9 Å².